The molecule has 2 heterocycles. The largest absolute Gasteiger partial charge is 0.309 e. The molecule has 0 fully saturated rings. The highest BCUT2D eigenvalue weighted by atomic mass is 14.9. The number of aromatic nitrogens is 2. The summed E-state index contributed by atoms with van der Waals surface area (Å²) in [5.74, 6) is 0. The van der Waals surface area contributed by atoms with E-state index in [0.717, 1.165) is 16.8 Å². The van der Waals surface area contributed by atoms with Gasteiger partial charge >= 0.3 is 0 Å². The molecule has 0 saturated heterocycles. The zero-order valence-electron chi connectivity index (χ0n) is 10.4. The molecule has 0 bridgehead atoms. The fourth-order valence-electron chi connectivity index (χ4n) is 1.91. The van der Waals surface area contributed by atoms with Crippen LogP contribution in [0.2, 0.25) is 0 Å². The van der Waals surface area contributed by atoms with Crippen molar-refractivity contribution in [1.29, 1.82) is 0 Å². The normalized spacial score (nSPS) is 12.4. The number of aryl methyl sites for hydroxylation is 2. The third-order valence-electron chi connectivity index (χ3n) is 2.79. The lowest BCUT2D eigenvalue weighted by molar-refractivity contribution is 0.684. The summed E-state index contributed by atoms with van der Waals surface area (Å²) in [7, 11) is 1.95. The van der Waals surface area contributed by atoms with Crippen molar-refractivity contribution in [1.82, 2.24) is 15.3 Å². The van der Waals surface area contributed by atoms with Crippen molar-refractivity contribution in [3.63, 3.8) is 0 Å². The number of nitrogens with zero attached hydrogens (tertiary/aromatic N) is 2. The van der Waals surface area contributed by atoms with Crippen LogP contribution in [0.15, 0.2) is 36.8 Å². The summed E-state index contributed by atoms with van der Waals surface area (Å²) < 4.78 is 0. The topological polar surface area (TPSA) is 37.8 Å². The molecule has 0 saturated carbocycles. The Labute approximate surface area is 102 Å². The van der Waals surface area contributed by atoms with Gasteiger partial charge in [0.25, 0.3) is 0 Å². The van der Waals surface area contributed by atoms with Crippen LogP contribution in [-0.4, -0.2) is 17.0 Å². The number of hydrogen-bond acceptors (Lipinski definition) is 3. The molecule has 2 aromatic rings. The summed E-state index contributed by atoms with van der Waals surface area (Å²) in [6, 6.07) is 6.43. The van der Waals surface area contributed by atoms with Crippen molar-refractivity contribution >= 4 is 0 Å². The number of hydrogen-bond donors (Lipinski definition) is 1. The van der Waals surface area contributed by atoms with Crippen molar-refractivity contribution < 1.29 is 0 Å². The first-order valence-electron chi connectivity index (χ1n) is 5.72. The molecule has 1 N–H and O–H groups in total. The third kappa shape index (κ3) is 2.68. The number of pyridine rings is 2. The van der Waals surface area contributed by atoms with Crippen molar-refractivity contribution in [3.05, 3.63) is 59.2 Å². The van der Waals surface area contributed by atoms with Crippen LogP contribution in [0.25, 0.3) is 0 Å². The molecule has 0 radical (unpaired) electrons. The molecule has 1 unspecified atom stereocenters. The lowest BCUT2D eigenvalue weighted by atomic mass is 10.0. The Morgan fingerprint density at radius 1 is 1.06 bits per heavy atom. The van der Waals surface area contributed by atoms with E-state index < -0.39 is 0 Å². The lowest BCUT2D eigenvalue weighted by Crippen LogP contribution is -2.18. The molecule has 0 amide bonds. The second kappa shape index (κ2) is 5.06. The Morgan fingerprint density at radius 2 is 1.88 bits per heavy atom. The first kappa shape index (κ1) is 11.7. The minimum absolute atomic E-state index is 0.149. The molecule has 3 heteroatoms. The van der Waals surface area contributed by atoms with Gasteiger partial charge in [-0.2, -0.15) is 0 Å². The minimum atomic E-state index is 0.149. The molecule has 88 valence electrons. The van der Waals surface area contributed by atoms with Gasteiger partial charge in [0, 0.05) is 24.3 Å². The van der Waals surface area contributed by atoms with Gasteiger partial charge in [-0.25, -0.2) is 0 Å². The van der Waals surface area contributed by atoms with Gasteiger partial charge in [0.1, 0.15) is 0 Å². The Morgan fingerprint density at radius 3 is 2.47 bits per heavy atom. The van der Waals surface area contributed by atoms with Crippen LogP contribution in [-0.2, 0) is 0 Å². The Hall–Kier alpha value is -1.74. The Kier molecular flexibility index (Phi) is 3.49. The molecule has 17 heavy (non-hydrogen) atoms. The van der Waals surface area contributed by atoms with E-state index in [9.17, 15) is 0 Å². The molecule has 0 aliphatic rings. The highest BCUT2D eigenvalue weighted by molar-refractivity contribution is 5.30. The van der Waals surface area contributed by atoms with Gasteiger partial charge in [0.15, 0.2) is 0 Å². The standard InChI is InChI=1S/C14H17N3/c1-10-6-13(8-16-7-10)14(15-3)12-5-4-11(2)17-9-12/h4-9,14-15H,1-3H3. The summed E-state index contributed by atoms with van der Waals surface area (Å²) >= 11 is 0. The van der Waals surface area contributed by atoms with E-state index in [-0.39, 0.29) is 6.04 Å². The quantitative estimate of drug-likeness (QED) is 0.875. The highest BCUT2D eigenvalue weighted by Gasteiger charge is 2.12. The maximum Gasteiger partial charge on any atom is 0.0604 e. The van der Waals surface area contributed by atoms with Gasteiger partial charge in [-0.15, -0.1) is 0 Å². The summed E-state index contributed by atoms with van der Waals surface area (Å²) in [6.07, 6.45) is 5.68. The zero-order chi connectivity index (χ0) is 12.3. The van der Waals surface area contributed by atoms with Crippen LogP contribution >= 0.6 is 0 Å². The highest BCUT2D eigenvalue weighted by Crippen LogP contribution is 2.21. The second-order valence-electron chi connectivity index (χ2n) is 4.25. The smallest absolute Gasteiger partial charge is 0.0604 e. The van der Waals surface area contributed by atoms with Crippen LogP contribution in [0.4, 0.5) is 0 Å². The van der Waals surface area contributed by atoms with E-state index in [0.29, 0.717) is 0 Å². The molecule has 2 rings (SSSR count). The fraction of sp³-hybridized carbons (Fsp3) is 0.286. The number of rotatable bonds is 3. The molecule has 1 atom stereocenters. The van der Waals surface area contributed by atoms with E-state index in [2.05, 4.69) is 34.3 Å². The van der Waals surface area contributed by atoms with E-state index in [1.54, 1.807) is 0 Å². The predicted molar refractivity (Wildman–Crippen MR) is 68.9 cm³/mol. The zero-order valence-corrected chi connectivity index (χ0v) is 10.4. The van der Waals surface area contributed by atoms with Crippen LogP contribution < -0.4 is 5.32 Å². The minimum Gasteiger partial charge on any atom is -0.309 e. The van der Waals surface area contributed by atoms with Crippen molar-refractivity contribution in [2.45, 2.75) is 19.9 Å². The summed E-state index contributed by atoms with van der Waals surface area (Å²) in [5, 5.41) is 3.30. The molecule has 0 aromatic carbocycles. The van der Waals surface area contributed by atoms with Gasteiger partial charge in [-0.1, -0.05) is 12.1 Å². The number of nitrogens with one attached hydrogen (secondary N) is 1. The van der Waals surface area contributed by atoms with Gasteiger partial charge in [0.2, 0.25) is 0 Å². The first-order valence-corrected chi connectivity index (χ1v) is 5.72. The van der Waals surface area contributed by atoms with Gasteiger partial charge in [0.05, 0.1) is 6.04 Å². The van der Waals surface area contributed by atoms with E-state index in [1.165, 1.54) is 5.56 Å². The summed E-state index contributed by atoms with van der Waals surface area (Å²) in [4.78, 5) is 8.57. The molecule has 3 nitrogen and oxygen atoms in total. The van der Waals surface area contributed by atoms with Crippen molar-refractivity contribution in [2.24, 2.45) is 0 Å². The van der Waals surface area contributed by atoms with Gasteiger partial charge < -0.3 is 5.32 Å². The Balaban J connectivity index is 2.36. The van der Waals surface area contributed by atoms with Crippen LogP contribution in [0.1, 0.15) is 28.4 Å². The van der Waals surface area contributed by atoms with Crippen LogP contribution in [0.5, 0.6) is 0 Å². The summed E-state index contributed by atoms with van der Waals surface area (Å²) in [5.41, 5.74) is 4.53. The lowest BCUT2D eigenvalue weighted by Gasteiger charge is -2.17. The molecule has 0 aliphatic heterocycles. The molecule has 2 aromatic heterocycles. The maximum absolute atomic E-state index is 4.34. The van der Waals surface area contributed by atoms with Crippen LogP contribution in [0.3, 0.4) is 0 Å². The molecular formula is C14H17N3. The molecular weight excluding hydrogens is 210 g/mol. The average molecular weight is 227 g/mol. The summed E-state index contributed by atoms with van der Waals surface area (Å²) in [6.45, 7) is 4.04. The van der Waals surface area contributed by atoms with Crippen molar-refractivity contribution in [2.75, 3.05) is 7.05 Å². The van der Waals surface area contributed by atoms with E-state index in [4.69, 9.17) is 0 Å². The second-order valence-corrected chi connectivity index (χ2v) is 4.25. The fourth-order valence-corrected chi connectivity index (χ4v) is 1.91. The molecule has 0 aliphatic carbocycles. The predicted octanol–water partition coefficient (Wildman–Crippen LogP) is 2.40. The SMILES string of the molecule is CNC(c1ccc(C)nc1)c1cncc(C)c1. The third-order valence-corrected chi connectivity index (χ3v) is 2.79. The van der Waals surface area contributed by atoms with E-state index >= 15 is 0 Å². The Bertz CT molecular complexity index is 491. The monoisotopic (exact) mass is 227 g/mol. The van der Waals surface area contributed by atoms with Gasteiger partial charge in [-0.05, 0) is 43.7 Å². The van der Waals surface area contributed by atoms with Crippen molar-refractivity contribution in [3.8, 4) is 0 Å². The average Bonchev–Trinajstić information content (AvgIpc) is 2.33. The maximum atomic E-state index is 4.34. The molecule has 0 spiro atoms. The van der Waals surface area contributed by atoms with Gasteiger partial charge in [-0.3, -0.25) is 9.97 Å². The van der Waals surface area contributed by atoms with Crippen LogP contribution in [0, 0.1) is 13.8 Å². The first-order chi connectivity index (χ1) is 8.20. The van der Waals surface area contributed by atoms with E-state index in [1.807, 2.05) is 38.6 Å².